The number of anilines is 1. The zero-order chi connectivity index (χ0) is 19.0. The number of halogens is 3. The first-order valence-electron chi connectivity index (χ1n) is 9.42. The lowest BCUT2D eigenvalue weighted by molar-refractivity contribution is 0.167. The van der Waals surface area contributed by atoms with Crippen molar-refractivity contribution in [1.82, 2.24) is 0 Å². The van der Waals surface area contributed by atoms with Crippen molar-refractivity contribution in [1.29, 1.82) is 0 Å². The molecule has 1 aliphatic carbocycles. The maximum atomic E-state index is 15.0. The summed E-state index contributed by atoms with van der Waals surface area (Å²) in [6.45, 7) is 0. The van der Waals surface area contributed by atoms with Crippen LogP contribution in [0.15, 0.2) is 45.3 Å². The molecule has 0 saturated carbocycles. The molecule has 3 heterocycles. The first kappa shape index (κ1) is 17.5. The number of benzene rings is 2. The molecule has 0 N–H and O–H groups in total. The monoisotopic (exact) mass is 519 g/mol. The van der Waals surface area contributed by atoms with Gasteiger partial charge in [-0.3, -0.25) is 0 Å². The minimum Gasteiger partial charge on any atom is -0.465 e. The fourth-order valence-corrected chi connectivity index (χ4v) is 6.91. The predicted molar refractivity (Wildman–Crippen MR) is 117 cm³/mol. The Hall–Kier alpha value is -1.37. The Balaban J connectivity index is 1.54. The van der Waals surface area contributed by atoms with Crippen LogP contribution in [-0.2, 0) is 19.3 Å². The lowest BCUT2D eigenvalue weighted by atomic mass is 9.99. The van der Waals surface area contributed by atoms with Gasteiger partial charge < -0.3 is 9.64 Å². The Labute approximate surface area is 183 Å². The van der Waals surface area contributed by atoms with Crippen molar-refractivity contribution in [3.8, 4) is 5.75 Å². The summed E-state index contributed by atoms with van der Waals surface area (Å²) in [4.78, 5) is 4.98. The molecule has 3 aliphatic rings. The standard InChI is InChI=1S/C22H16Br2FNOS/c23-13-4-5-16-12(6-13)7-17-21-15(25)9-14(24)10-18(21)27-22(26(16)17)20-8-11-2-1-3-19(11)28-20/h4-6,8-10,17,22H,1-3,7H2. The van der Waals surface area contributed by atoms with Crippen molar-refractivity contribution in [3.63, 3.8) is 0 Å². The summed E-state index contributed by atoms with van der Waals surface area (Å²) in [5.74, 6) is 0.442. The predicted octanol–water partition coefficient (Wildman–Crippen LogP) is 7.10. The molecule has 0 amide bonds. The van der Waals surface area contributed by atoms with Crippen LogP contribution in [0.5, 0.6) is 5.75 Å². The molecule has 2 unspecified atom stereocenters. The quantitative estimate of drug-likeness (QED) is 0.339. The van der Waals surface area contributed by atoms with Crippen LogP contribution in [0.4, 0.5) is 10.1 Å². The molecule has 2 nitrogen and oxygen atoms in total. The van der Waals surface area contributed by atoms with Crippen molar-refractivity contribution < 1.29 is 9.13 Å². The number of ether oxygens (including phenoxy) is 1. The number of hydrogen-bond acceptors (Lipinski definition) is 3. The third kappa shape index (κ3) is 2.54. The second-order valence-electron chi connectivity index (χ2n) is 7.62. The molecule has 1 aromatic heterocycles. The fraction of sp³-hybridized carbons (Fsp3) is 0.273. The van der Waals surface area contributed by atoms with E-state index in [9.17, 15) is 4.39 Å². The van der Waals surface area contributed by atoms with E-state index in [0.717, 1.165) is 29.4 Å². The van der Waals surface area contributed by atoms with Crippen LogP contribution in [0.1, 0.15) is 45.1 Å². The van der Waals surface area contributed by atoms with Crippen LogP contribution in [-0.4, -0.2) is 0 Å². The van der Waals surface area contributed by atoms with E-state index in [1.54, 1.807) is 6.07 Å². The SMILES string of the molecule is Fc1cc(Br)cc2c1C1Cc3cc(Br)ccc3N1C(c1cc3c(s1)CCC3)O2. The summed E-state index contributed by atoms with van der Waals surface area (Å²) in [6, 6.07) is 12.0. The molecular weight excluding hydrogens is 505 g/mol. The highest BCUT2D eigenvalue weighted by atomic mass is 79.9. The number of fused-ring (bicyclic) bond motifs is 6. The van der Waals surface area contributed by atoms with Crippen LogP contribution >= 0.6 is 43.2 Å². The van der Waals surface area contributed by atoms with Crippen molar-refractivity contribution in [2.75, 3.05) is 4.90 Å². The van der Waals surface area contributed by atoms with Gasteiger partial charge in [-0.25, -0.2) is 4.39 Å². The van der Waals surface area contributed by atoms with Gasteiger partial charge in [0.05, 0.1) is 16.5 Å². The van der Waals surface area contributed by atoms with Crippen molar-refractivity contribution in [2.24, 2.45) is 0 Å². The summed E-state index contributed by atoms with van der Waals surface area (Å²) in [6.07, 6.45) is 4.13. The molecule has 0 bridgehead atoms. The molecule has 28 heavy (non-hydrogen) atoms. The van der Waals surface area contributed by atoms with Crippen LogP contribution in [0, 0.1) is 5.82 Å². The normalized spacial score (nSPS) is 21.8. The Morgan fingerprint density at radius 3 is 2.79 bits per heavy atom. The maximum Gasteiger partial charge on any atom is 0.208 e. The average Bonchev–Trinajstić information content (AvgIpc) is 3.32. The molecule has 2 aliphatic heterocycles. The zero-order valence-electron chi connectivity index (χ0n) is 14.8. The van der Waals surface area contributed by atoms with E-state index < -0.39 is 0 Å². The van der Waals surface area contributed by atoms with E-state index in [4.69, 9.17) is 4.74 Å². The van der Waals surface area contributed by atoms with Crippen LogP contribution in [0.2, 0.25) is 0 Å². The van der Waals surface area contributed by atoms with Crippen molar-refractivity contribution >= 4 is 48.9 Å². The summed E-state index contributed by atoms with van der Waals surface area (Å²) in [5, 5.41) is 0. The van der Waals surface area contributed by atoms with Gasteiger partial charge in [-0.2, -0.15) is 0 Å². The Kier molecular flexibility index (Phi) is 3.94. The lowest BCUT2D eigenvalue weighted by Gasteiger charge is -2.40. The third-order valence-electron chi connectivity index (χ3n) is 5.96. The second kappa shape index (κ2) is 6.31. The largest absolute Gasteiger partial charge is 0.465 e. The highest BCUT2D eigenvalue weighted by molar-refractivity contribution is 9.10. The molecule has 0 saturated heterocycles. The van der Waals surface area contributed by atoms with E-state index in [-0.39, 0.29) is 18.1 Å². The van der Waals surface area contributed by atoms with Gasteiger partial charge in [0.2, 0.25) is 6.23 Å². The van der Waals surface area contributed by atoms with Crippen LogP contribution in [0.25, 0.3) is 0 Å². The fourth-order valence-electron chi connectivity index (χ4n) is 4.80. The van der Waals surface area contributed by atoms with Crippen LogP contribution < -0.4 is 9.64 Å². The first-order valence-corrected chi connectivity index (χ1v) is 11.8. The number of aryl methyl sites for hydroxylation is 2. The minimum atomic E-state index is -0.218. The highest BCUT2D eigenvalue weighted by Gasteiger charge is 2.44. The Morgan fingerprint density at radius 1 is 1.04 bits per heavy atom. The molecule has 0 spiro atoms. The summed E-state index contributed by atoms with van der Waals surface area (Å²) >= 11 is 8.87. The highest BCUT2D eigenvalue weighted by Crippen LogP contribution is 2.54. The van der Waals surface area contributed by atoms with Gasteiger partial charge in [-0.15, -0.1) is 11.3 Å². The van der Waals surface area contributed by atoms with E-state index in [0.29, 0.717) is 15.8 Å². The summed E-state index contributed by atoms with van der Waals surface area (Å²) < 4.78 is 23.2. The number of thiophene rings is 1. The first-order chi connectivity index (χ1) is 13.6. The topological polar surface area (TPSA) is 12.5 Å². The number of hydrogen-bond donors (Lipinski definition) is 0. The molecule has 6 rings (SSSR count). The zero-order valence-corrected chi connectivity index (χ0v) is 18.8. The van der Waals surface area contributed by atoms with E-state index in [1.165, 1.54) is 27.3 Å². The van der Waals surface area contributed by atoms with Gasteiger partial charge in [0.25, 0.3) is 0 Å². The van der Waals surface area contributed by atoms with Gasteiger partial charge in [-0.05, 0) is 73.2 Å². The van der Waals surface area contributed by atoms with Gasteiger partial charge in [-0.1, -0.05) is 31.9 Å². The van der Waals surface area contributed by atoms with Crippen molar-refractivity contribution in [2.45, 2.75) is 38.0 Å². The number of nitrogens with zero attached hydrogens (tertiary/aromatic N) is 1. The molecule has 0 fully saturated rings. The van der Waals surface area contributed by atoms with Crippen molar-refractivity contribution in [3.05, 3.63) is 77.6 Å². The molecule has 2 atom stereocenters. The van der Waals surface area contributed by atoms with E-state index in [1.807, 2.05) is 17.4 Å². The van der Waals surface area contributed by atoms with E-state index in [2.05, 4.69) is 61.0 Å². The van der Waals surface area contributed by atoms with Gasteiger partial charge >= 0.3 is 0 Å². The molecule has 0 radical (unpaired) electrons. The van der Waals surface area contributed by atoms with Crippen LogP contribution in [0.3, 0.4) is 0 Å². The molecular formula is C22H16Br2FNOS. The Bertz CT molecular complexity index is 1110. The molecule has 2 aromatic carbocycles. The average molecular weight is 521 g/mol. The summed E-state index contributed by atoms with van der Waals surface area (Å²) in [7, 11) is 0. The Morgan fingerprint density at radius 2 is 1.93 bits per heavy atom. The number of rotatable bonds is 1. The third-order valence-corrected chi connectivity index (χ3v) is 8.18. The maximum absolute atomic E-state index is 15.0. The lowest BCUT2D eigenvalue weighted by Crippen LogP contribution is -2.37. The van der Waals surface area contributed by atoms with E-state index >= 15 is 0 Å². The molecule has 6 heteroatoms. The van der Waals surface area contributed by atoms with Gasteiger partial charge in [0.1, 0.15) is 11.6 Å². The molecule has 3 aromatic rings. The second-order valence-corrected chi connectivity index (χ2v) is 10.6. The minimum absolute atomic E-state index is 0.0527. The van der Waals surface area contributed by atoms with Gasteiger partial charge in [0.15, 0.2) is 0 Å². The molecule has 142 valence electrons. The van der Waals surface area contributed by atoms with Gasteiger partial charge in [0, 0.05) is 19.5 Å². The smallest absolute Gasteiger partial charge is 0.208 e. The summed E-state index contributed by atoms with van der Waals surface area (Å²) in [5.41, 5.74) is 4.49.